The van der Waals surface area contributed by atoms with Gasteiger partial charge in [0.2, 0.25) is 5.91 Å². The molecule has 0 bridgehead atoms. The molecule has 2 atom stereocenters. The minimum absolute atomic E-state index is 0.126. The molecule has 1 heterocycles. The van der Waals surface area contributed by atoms with Crippen LogP contribution in [0.3, 0.4) is 0 Å². The lowest BCUT2D eigenvalue weighted by Gasteiger charge is -2.22. The number of carbonyl (C=O) groups is 2. The summed E-state index contributed by atoms with van der Waals surface area (Å²) in [7, 11) is 1.97. The highest BCUT2D eigenvalue weighted by atomic mass is 16.5. The lowest BCUT2D eigenvalue weighted by Crippen LogP contribution is -2.50. The number of alkyl carbamates (subject to hydrolysis) is 1. The van der Waals surface area contributed by atoms with E-state index in [1.807, 2.05) is 139 Å². The number of nitrogens with zero attached hydrogens (tertiary/aromatic N) is 1. The summed E-state index contributed by atoms with van der Waals surface area (Å²) in [6.45, 7) is 0.126. The molecular formula is C33H34N3O3+. The molecular weight excluding hydrogens is 486 g/mol. The van der Waals surface area contributed by atoms with Gasteiger partial charge in [0, 0.05) is 18.6 Å². The molecule has 0 radical (unpaired) electrons. The Bertz CT molecular complexity index is 1340. The molecule has 198 valence electrons. The maximum atomic E-state index is 13.6. The van der Waals surface area contributed by atoms with Crippen LogP contribution in [-0.2, 0) is 36.0 Å². The fourth-order valence-corrected chi connectivity index (χ4v) is 4.14. The van der Waals surface area contributed by atoms with E-state index in [0.29, 0.717) is 12.8 Å². The van der Waals surface area contributed by atoms with Gasteiger partial charge in [-0.25, -0.2) is 9.36 Å². The maximum absolute atomic E-state index is 13.6. The predicted molar refractivity (Wildman–Crippen MR) is 152 cm³/mol. The number of pyridine rings is 1. The van der Waals surface area contributed by atoms with Crippen LogP contribution < -0.4 is 15.2 Å². The molecule has 6 nitrogen and oxygen atoms in total. The number of hydrogen-bond donors (Lipinski definition) is 2. The molecule has 4 rings (SSSR count). The first-order valence-electron chi connectivity index (χ1n) is 13.0. The van der Waals surface area contributed by atoms with E-state index in [2.05, 4.69) is 10.6 Å². The van der Waals surface area contributed by atoms with Crippen LogP contribution in [0.25, 0.3) is 6.08 Å². The smallest absolute Gasteiger partial charge is 0.408 e. The molecule has 0 aliphatic carbocycles. The Morgan fingerprint density at radius 2 is 1.28 bits per heavy atom. The maximum Gasteiger partial charge on any atom is 0.408 e. The number of benzene rings is 3. The number of rotatable bonds is 11. The normalized spacial score (nSPS) is 12.4. The van der Waals surface area contributed by atoms with Crippen molar-refractivity contribution < 1.29 is 18.9 Å². The average Bonchev–Trinajstić information content (AvgIpc) is 2.97. The van der Waals surface area contributed by atoms with Gasteiger partial charge in [0.1, 0.15) is 19.7 Å². The first-order chi connectivity index (χ1) is 19.0. The number of aryl methyl sites for hydroxylation is 1. The average molecular weight is 521 g/mol. The lowest BCUT2D eigenvalue weighted by molar-refractivity contribution is -0.671. The van der Waals surface area contributed by atoms with Crippen molar-refractivity contribution in [2.45, 2.75) is 31.5 Å². The molecule has 39 heavy (non-hydrogen) atoms. The van der Waals surface area contributed by atoms with Gasteiger partial charge in [-0.15, -0.1) is 0 Å². The molecule has 0 aliphatic rings. The third-order valence-electron chi connectivity index (χ3n) is 6.26. The SMILES string of the molecule is C[n+]1ccc(/C=C/[C@H](Cc2ccccc2)NC(=O)[C@H](Cc2ccccc2)NC(=O)OCc2ccccc2)cc1. The van der Waals surface area contributed by atoms with Crippen LogP contribution in [0.15, 0.2) is 122 Å². The summed E-state index contributed by atoms with van der Waals surface area (Å²) in [5.41, 5.74) is 3.94. The number of aromatic nitrogens is 1. The van der Waals surface area contributed by atoms with Gasteiger partial charge in [-0.05, 0) is 28.7 Å². The Hall–Kier alpha value is -4.71. The van der Waals surface area contributed by atoms with Crippen LogP contribution in [0.2, 0.25) is 0 Å². The molecule has 0 aliphatic heterocycles. The van der Waals surface area contributed by atoms with Crippen LogP contribution in [0.1, 0.15) is 22.3 Å². The molecule has 0 fully saturated rings. The zero-order valence-corrected chi connectivity index (χ0v) is 22.1. The summed E-state index contributed by atoms with van der Waals surface area (Å²) in [4.78, 5) is 26.3. The van der Waals surface area contributed by atoms with Crippen molar-refractivity contribution in [1.82, 2.24) is 10.6 Å². The van der Waals surface area contributed by atoms with E-state index in [9.17, 15) is 9.59 Å². The van der Waals surface area contributed by atoms with Gasteiger partial charge in [-0.2, -0.15) is 0 Å². The van der Waals surface area contributed by atoms with E-state index in [-0.39, 0.29) is 18.6 Å². The van der Waals surface area contributed by atoms with Gasteiger partial charge in [-0.1, -0.05) is 103 Å². The molecule has 0 saturated carbocycles. The predicted octanol–water partition coefficient (Wildman–Crippen LogP) is 4.79. The van der Waals surface area contributed by atoms with Crippen LogP contribution in [0, 0.1) is 0 Å². The highest BCUT2D eigenvalue weighted by Crippen LogP contribution is 2.10. The Balaban J connectivity index is 1.49. The molecule has 2 amide bonds. The van der Waals surface area contributed by atoms with E-state index < -0.39 is 12.1 Å². The van der Waals surface area contributed by atoms with Gasteiger partial charge in [-0.3, -0.25) is 4.79 Å². The van der Waals surface area contributed by atoms with Gasteiger partial charge < -0.3 is 15.4 Å². The Morgan fingerprint density at radius 3 is 1.87 bits per heavy atom. The topological polar surface area (TPSA) is 71.3 Å². The quantitative estimate of drug-likeness (QED) is 0.280. The van der Waals surface area contributed by atoms with Crippen LogP contribution in [-0.4, -0.2) is 24.1 Å². The number of amides is 2. The second-order valence-electron chi connectivity index (χ2n) is 9.41. The molecule has 3 aromatic carbocycles. The minimum atomic E-state index is -0.807. The molecule has 0 spiro atoms. The van der Waals surface area contributed by atoms with Crippen molar-refractivity contribution >= 4 is 18.1 Å². The molecule has 4 aromatic rings. The fourth-order valence-electron chi connectivity index (χ4n) is 4.14. The Morgan fingerprint density at radius 1 is 0.744 bits per heavy atom. The second-order valence-corrected chi connectivity index (χ2v) is 9.41. The van der Waals surface area contributed by atoms with Crippen molar-refractivity contribution in [3.63, 3.8) is 0 Å². The highest BCUT2D eigenvalue weighted by Gasteiger charge is 2.24. The molecule has 0 unspecified atom stereocenters. The van der Waals surface area contributed by atoms with Crippen molar-refractivity contribution in [2.75, 3.05) is 0 Å². The first kappa shape index (κ1) is 27.3. The third-order valence-corrected chi connectivity index (χ3v) is 6.26. The largest absolute Gasteiger partial charge is 0.445 e. The molecule has 6 heteroatoms. The third kappa shape index (κ3) is 9.27. The summed E-state index contributed by atoms with van der Waals surface area (Å²) in [5.74, 6) is -0.277. The number of ether oxygens (including phenoxy) is 1. The summed E-state index contributed by atoms with van der Waals surface area (Å²) in [6, 6.07) is 32.0. The first-order valence-corrected chi connectivity index (χ1v) is 13.0. The summed E-state index contributed by atoms with van der Waals surface area (Å²) in [6.07, 6.45) is 8.26. The Labute approximate surface area is 230 Å². The van der Waals surface area contributed by atoms with Crippen LogP contribution >= 0.6 is 0 Å². The van der Waals surface area contributed by atoms with Gasteiger partial charge in [0.25, 0.3) is 0 Å². The molecule has 1 aromatic heterocycles. The minimum Gasteiger partial charge on any atom is -0.445 e. The van der Waals surface area contributed by atoms with Crippen molar-refractivity contribution in [3.8, 4) is 0 Å². The van der Waals surface area contributed by atoms with E-state index >= 15 is 0 Å². The van der Waals surface area contributed by atoms with Crippen molar-refractivity contribution in [2.24, 2.45) is 7.05 Å². The van der Waals surface area contributed by atoms with Gasteiger partial charge in [0.15, 0.2) is 12.4 Å². The highest BCUT2D eigenvalue weighted by molar-refractivity contribution is 5.86. The number of carbonyl (C=O) groups excluding carboxylic acids is 2. The monoisotopic (exact) mass is 520 g/mol. The molecule has 0 saturated heterocycles. The standard InChI is InChI=1S/C33H33N3O3/c1-36-21-19-26(20-22-36)17-18-30(23-27-11-5-2-6-12-27)34-32(37)31(24-28-13-7-3-8-14-28)35-33(38)39-25-29-15-9-4-10-16-29/h2-22,30-31H,23-25H2,1H3,(H-,34,35,37,38)/p+1/b18-17+/t30-,31+/m1/s1. The lowest BCUT2D eigenvalue weighted by atomic mass is 10.0. The number of nitrogens with one attached hydrogen (secondary N) is 2. The second kappa shape index (κ2) is 14.3. The fraction of sp³-hybridized carbons (Fsp3) is 0.182. The van der Waals surface area contributed by atoms with Gasteiger partial charge >= 0.3 is 6.09 Å². The van der Waals surface area contributed by atoms with E-state index in [0.717, 1.165) is 22.3 Å². The summed E-state index contributed by atoms with van der Waals surface area (Å²) < 4.78 is 7.39. The van der Waals surface area contributed by atoms with Crippen molar-refractivity contribution in [3.05, 3.63) is 144 Å². The summed E-state index contributed by atoms with van der Waals surface area (Å²) >= 11 is 0. The van der Waals surface area contributed by atoms with E-state index in [1.165, 1.54) is 0 Å². The zero-order valence-electron chi connectivity index (χ0n) is 22.1. The van der Waals surface area contributed by atoms with Crippen molar-refractivity contribution in [1.29, 1.82) is 0 Å². The zero-order chi connectivity index (χ0) is 27.3. The van der Waals surface area contributed by atoms with Gasteiger partial charge in [0.05, 0.1) is 6.04 Å². The summed E-state index contributed by atoms with van der Waals surface area (Å²) in [5, 5.41) is 5.93. The Kier molecular flexibility index (Phi) is 10.0. The van der Waals surface area contributed by atoms with E-state index in [4.69, 9.17) is 4.74 Å². The molecule has 2 N–H and O–H groups in total. The number of hydrogen-bond acceptors (Lipinski definition) is 3. The van der Waals surface area contributed by atoms with E-state index in [1.54, 1.807) is 0 Å². The van der Waals surface area contributed by atoms with Crippen LogP contribution in [0.4, 0.5) is 4.79 Å². The van der Waals surface area contributed by atoms with Crippen LogP contribution in [0.5, 0.6) is 0 Å².